The van der Waals surface area contributed by atoms with Gasteiger partial charge in [-0.3, -0.25) is 14.4 Å². The van der Waals surface area contributed by atoms with Gasteiger partial charge in [0.15, 0.2) is 0 Å². The molecule has 0 aromatic carbocycles. The van der Waals surface area contributed by atoms with Gasteiger partial charge in [-0.05, 0) is 23.2 Å². The van der Waals surface area contributed by atoms with Crippen molar-refractivity contribution in [2.24, 2.45) is 22.5 Å². The number of primary amides is 1. The predicted octanol–water partition coefficient (Wildman–Crippen LogP) is 0.896. The van der Waals surface area contributed by atoms with E-state index in [-0.39, 0.29) is 23.1 Å². The van der Waals surface area contributed by atoms with Gasteiger partial charge in [0.05, 0.1) is 0 Å². The van der Waals surface area contributed by atoms with Crippen molar-refractivity contribution in [1.29, 1.82) is 0 Å². The van der Waals surface area contributed by atoms with Crippen LogP contribution in [0.15, 0.2) is 0 Å². The van der Waals surface area contributed by atoms with Crippen molar-refractivity contribution < 1.29 is 14.4 Å². The fourth-order valence-corrected chi connectivity index (χ4v) is 2.90. The van der Waals surface area contributed by atoms with Crippen LogP contribution in [0.1, 0.15) is 48.0 Å². The molecule has 6 nitrogen and oxygen atoms in total. The Hall–Kier alpha value is -1.59. The smallest absolute Gasteiger partial charge is 0.246 e. The summed E-state index contributed by atoms with van der Waals surface area (Å²) in [6, 6.07) is -1.33. The van der Waals surface area contributed by atoms with Gasteiger partial charge >= 0.3 is 0 Å². The quantitative estimate of drug-likeness (QED) is 0.790. The molecule has 0 aromatic rings. The van der Waals surface area contributed by atoms with E-state index < -0.39 is 23.4 Å². The van der Waals surface area contributed by atoms with Crippen molar-refractivity contribution in [3.05, 3.63) is 0 Å². The lowest BCUT2D eigenvalue weighted by atomic mass is 9.85. The lowest BCUT2D eigenvalue weighted by Crippen LogP contribution is -2.58. The summed E-state index contributed by atoms with van der Waals surface area (Å²) < 4.78 is 0. The monoisotopic (exact) mass is 311 g/mol. The molecule has 0 radical (unpaired) electrons. The zero-order chi connectivity index (χ0) is 17.5. The van der Waals surface area contributed by atoms with Crippen LogP contribution in [0.3, 0.4) is 0 Å². The number of carbonyl (C=O) groups excluding carboxylic acids is 3. The van der Waals surface area contributed by atoms with Crippen molar-refractivity contribution in [3.63, 3.8) is 0 Å². The number of rotatable bonds is 5. The molecule has 1 fully saturated rings. The first-order valence-electron chi connectivity index (χ1n) is 7.62. The maximum absolute atomic E-state index is 12.8. The largest absolute Gasteiger partial charge is 0.368 e. The molecule has 0 aliphatic heterocycles. The minimum atomic E-state index is -0.696. The summed E-state index contributed by atoms with van der Waals surface area (Å²) in [5, 5.41) is 2.69. The highest BCUT2D eigenvalue weighted by molar-refractivity contribution is 5.92. The van der Waals surface area contributed by atoms with Crippen LogP contribution in [0, 0.1) is 16.7 Å². The molecule has 3 amide bonds. The molecule has 0 heterocycles. The number of nitrogens with two attached hydrogens (primary N) is 1. The van der Waals surface area contributed by atoms with Crippen molar-refractivity contribution >= 4 is 17.7 Å². The van der Waals surface area contributed by atoms with Gasteiger partial charge < -0.3 is 16.0 Å². The molecule has 1 saturated carbocycles. The van der Waals surface area contributed by atoms with E-state index in [9.17, 15) is 14.4 Å². The number of likely N-dealkylation sites (N-methyl/N-ethyl adjacent to an activating group) is 1. The standard InChI is InChI=1S/C16H29N3O3/c1-9(20)18-12(15(2,3)4)14(22)19(7)11(13(17)21)10-8-16(10,5)6/h10-12H,8H2,1-7H3,(H2,17,21)(H,18,20). The van der Waals surface area contributed by atoms with Gasteiger partial charge in [0.1, 0.15) is 12.1 Å². The molecule has 3 atom stereocenters. The minimum Gasteiger partial charge on any atom is -0.368 e. The first-order chi connectivity index (χ1) is 9.79. The van der Waals surface area contributed by atoms with E-state index in [1.165, 1.54) is 11.8 Å². The predicted molar refractivity (Wildman–Crippen MR) is 84.7 cm³/mol. The van der Waals surface area contributed by atoms with E-state index in [4.69, 9.17) is 5.73 Å². The molecule has 1 aliphatic carbocycles. The first kappa shape index (κ1) is 18.5. The zero-order valence-electron chi connectivity index (χ0n) is 14.7. The Bertz CT molecular complexity index is 480. The summed E-state index contributed by atoms with van der Waals surface area (Å²) in [6.07, 6.45) is 0.860. The van der Waals surface area contributed by atoms with Gasteiger partial charge in [-0.1, -0.05) is 34.6 Å². The summed E-state index contributed by atoms with van der Waals surface area (Å²) >= 11 is 0. The molecule has 126 valence electrons. The molecule has 0 saturated heterocycles. The van der Waals surface area contributed by atoms with Gasteiger partial charge in [0.2, 0.25) is 17.7 Å². The molecule has 22 heavy (non-hydrogen) atoms. The Labute approximate surface area is 132 Å². The van der Waals surface area contributed by atoms with E-state index in [0.29, 0.717) is 0 Å². The Balaban J connectivity index is 3.01. The molecule has 3 N–H and O–H groups in total. The number of nitrogens with one attached hydrogen (secondary N) is 1. The molecule has 1 rings (SSSR count). The number of hydrogen-bond donors (Lipinski definition) is 2. The Kier molecular flexibility index (Phi) is 4.94. The van der Waals surface area contributed by atoms with Gasteiger partial charge in [0, 0.05) is 14.0 Å². The normalized spacial score (nSPS) is 22.4. The second-order valence-electron chi connectivity index (χ2n) is 8.10. The Morgan fingerprint density at radius 3 is 2.00 bits per heavy atom. The summed E-state index contributed by atoms with van der Waals surface area (Å²) in [4.78, 5) is 37.5. The van der Waals surface area contributed by atoms with Crippen LogP contribution in [0.2, 0.25) is 0 Å². The molecular formula is C16H29N3O3. The van der Waals surface area contributed by atoms with E-state index in [2.05, 4.69) is 19.2 Å². The van der Waals surface area contributed by atoms with Crippen molar-refractivity contribution in [2.75, 3.05) is 7.05 Å². The third-order valence-electron chi connectivity index (χ3n) is 4.49. The van der Waals surface area contributed by atoms with Crippen molar-refractivity contribution in [3.8, 4) is 0 Å². The van der Waals surface area contributed by atoms with Crippen LogP contribution in [-0.2, 0) is 14.4 Å². The second kappa shape index (κ2) is 5.89. The summed E-state index contributed by atoms with van der Waals surface area (Å²) in [6.45, 7) is 11.1. The third kappa shape index (κ3) is 3.99. The van der Waals surface area contributed by atoms with E-state index >= 15 is 0 Å². The van der Waals surface area contributed by atoms with Crippen LogP contribution >= 0.6 is 0 Å². The number of nitrogens with zero attached hydrogens (tertiary/aromatic N) is 1. The summed E-state index contributed by atoms with van der Waals surface area (Å²) in [7, 11) is 1.59. The number of amides is 3. The Morgan fingerprint density at radius 1 is 1.27 bits per heavy atom. The average Bonchev–Trinajstić information content (AvgIpc) is 2.91. The maximum atomic E-state index is 12.8. The maximum Gasteiger partial charge on any atom is 0.246 e. The number of hydrogen-bond acceptors (Lipinski definition) is 3. The lowest BCUT2D eigenvalue weighted by Gasteiger charge is -2.36. The SMILES string of the molecule is CC(=O)NC(C(=O)N(C)C(C(N)=O)C1CC1(C)C)C(C)(C)C. The van der Waals surface area contributed by atoms with E-state index in [0.717, 1.165) is 6.42 Å². The highest BCUT2D eigenvalue weighted by Gasteiger charge is 2.54. The van der Waals surface area contributed by atoms with Gasteiger partial charge in [-0.15, -0.1) is 0 Å². The van der Waals surface area contributed by atoms with Crippen molar-refractivity contribution in [1.82, 2.24) is 10.2 Å². The van der Waals surface area contributed by atoms with Gasteiger partial charge in [-0.2, -0.15) is 0 Å². The molecule has 6 heteroatoms. The van der Waals surface area contributed by atoms with Gasteiger partial charge in [-0.25, -0.2) is 0 Å². The molecule has 0 aromatic heterocycles. The van der Waals surface area contributed by atoms with Crippen molar-refractivity contribution in [2.45, 2.75) is 60.0 Å². The van der Waals surface area contributed by atoms with Crippen LogP contribution in [0.5, 0.6) is 0 Å². The first-order valence-corrected chi connectivity index (χ1v) is 7.62. The van der Waals surface area contributed by atoms with Crippen LogP contribution in [0.4, 0.5) is 0 Å². The molecule has 0 spiro atoms. The number of carbonyl (C=O) groups is 3. The third-order valence-corrected chi connectivity index (χ3v) is 4.49. The average molecular weight is 311 g/mol. The lowest BCUT2D eigenvalue weighted by molar-refractivity contribution is -0.144. The Morgan fingerprint density at radius 2 is 1.73 bits per heavy atom. The molecule has 1 aliphatic rings. The van der Waals surface area contributed by atoms with E-state index in [1.54, 1.807) is 7.05 Å². The van der Waals surface area contributed by atoms with E-state index in [1.807, 2.05) is 20.8 Å². The summed E-state index contributed by atoms with van der Waals surface area (Å²) in [5.74, 6) is -0.989. The highest BCUT2D eigenvalue weighted by Crippen LogP contribution is 2.54. The fourth-order valence-electron chi connectivity index (χ4n) is 2.90. The molecule has 3 unspecified atom stereocenters. The van der Waals surface area contributed by atoms with Crippen LogP contribution in [0.25, 0.3) is 0 Å². The molecule has 0 bridgehead atoms. The van der Waals surface area contributed by atoms with Gasteiger partial charge in [0.25, 0.3) is 0 Å². The summed E-state index contributed by atoms with van der Waals surface area (Å²) in [5.41, 5.74) is 5.08. The zero-order valence-corrected chi connectivity index (χ0v) is 14.7. The van der Waals surface area contributed by atoms with Crippen LogP contribution < -0.4 is 11.1 Å². The molecular weight excluding hydrogens is 282 g/mol. The minimum absolute atomic E-state index is 0.0134. The topological polar surface area (TPSA) is 92.5 Å². The van der Waals surface area contributed by atoms with Crippen LogP contribution in [-0.4, -0.2) is 41.8 Å². The highest BCUT2D eigenvalue weighted by atomic mass is 16.2. The second-order valence-corrected chi connectivity index (χ2v) is 8.10. The fraction of sp³-hybridized carbons (Fsp3) is 0.812.